The van der Waals surface area contributed by atoms with E-state index in [-0.39, 0.29) is 6.42 Å². The Labute approximate surface area is 91.7 Å². The topological polar surface area (TPSA) is 130 Å². The van der Waals surface area contributed by atoms with Crippen LogP contribution in [0.4, 0.5) is 0 Å². The van der Waals surface area contributed by atoms with Gasteiger partial charge in [-0.05, 0) is 6.92 Å². The summed E-state index contributed by atoms with van der Waals surface area (Å²) < 4.78 is 38.5. The lowest BCUT2D eigenvalue weighted by molar-refractivity contribution is -0.182. The van der Waals surface area contributed by atoms with Crippen LogP contribution in [0, 0.1) is 0 Å². The van der Waals surface area contributed by atoms with E-state index in [0.717, 1.165) is 0 Å². The summed E-state index contributed by atoms with van der Waals surface area (Å²) in [5.74, 6) is -1.25. The van der Waals surface area contributed by atoms with E-state index in [1.807, 2.05) is 0 Å². The van der Waals surface area contributed by atoms with Crippen molar-refractivity contribution in [3.63, 3.8) is 0 Å². The van der Waals surface area contributed by atoms with Gasteiger partial charge >= 0.3 is 16.4 Å². The molecule has 2 unspecified atom stereocenters. The van der Waals surface area contributed by atoms with Gasteiger partial charge in [0.1, 0.15) is 6.10 Å². The summed E-state index contributed by atoms with van der Waals surface area (Å²) in [7, 11) is -4.71. The molecule has 1 rings (SSSR count). The van der Waals surface area contributed by atoms with Crippen LogP contribution in [-0.4, -0.2) is 53.6 Å². The Bertz CT molecular complexity index is 351. The minimum absolute atomic E-state index is 0.306. The Kier molecular flexibility index (Phi) is 3.86. The van der Waals surface area contributed by atoms with E-state index in [9.17, 15) is 18.3 Å². The molecule has 1 aliphatic rings. The Morgan fingerprint density at radius 2 is 2.06 bits per heavy atom. The first-order valence-electron chi connectivity index (χ1n) is 4.42. The van der Waals surface area contributed by atoms with Gasteiger partial charge < -0.3 is 14.9 Å². The van der Waals surface area contributed by atoms with E-state index in [1.54, 1.807) is 0 Å². The molecule has 1 aliphatic heterocycles. The fourth-order valence-electron chi connectivity index (χ4n) is 1.50. The molecule has 3 N–H and O–H groups in total. The van der Waals surface area contributed by atoms with E-state index < -0.39 is 40.8 Å². The number of aliphatic carboxylic acids is 1. The third-order valence-electron chi connectivity index (χ3n) is 2.18. The van der Waals surface area contributed by atoms with Gasteiger partial charge in [-0.1, -0.05) is 0 Å². The number of rotatable bonds is 3. The van der Waals surface area contributed by atoms with Crippen molar-refractivity contribution in [2.75, 3.05) is 0 Å². The highest BCUT2D eigenvalue weighted by Crippen LogP contribution is 2.23. The van der Waals surface area contributed by atoms with Crippen LogP contribution in [0.5, 0.6) is 0 Å². The number of carboxylic acids is 1. The summed E-state index contributed by atoms with van der Waals surface area (Å²) in [5.41, 5.74) is 0. The molecule has 94 valence electrons. The van der Waals surface area contributed by atoms with Gasteiger partial charge in [0.05, 0.1) is 12.2 Å². The molecule has 1 saturated heterocycles. The van der Waals surface area contributed by atoms with Gasteiger partial charge in [0.15, 0.2) is 6.10 Å². The normalized spacial score (nSPS) is 35.9. The lowest BCUT2D eigenvalue weighted by Gasteiger charge is -2.35. The van der Waals surface area contributed by atoms with Crippen molar-refractivity contribution in [2.45, 2.75) is 37.8 Å². The second kappa shape index (κ2) is 4.63. The maximum absolute atomic E-state index is 10.6. The summed E-state index contributed by atoms with van der Waals surface area (Å²) >= 11 is 0. The van der Waals surface area contributed by atoms with Gasteiger partial charge in [0.25, 0.3) is 0 Å². The predicted molar refractivity (Wildman–Crippen MR) is 49.0 cm³/mol. The van der Waals surface area contributed by atoms with E-state index >= 15 is 0 Å². The average molecular weight is 256 g/mol. The molecule has 9 heteroatoms. The molecular weight excluding hydrogens is 244 g/mol. The average Bonchev–Trinajstić information content (AvgIpc) is 2.09. The zero-order chi connectivity index (χ0) is 12.5. The largest absolute Gasteiger partial charge is 0.479 e. The van der Waals surface area contributed by atoms with Gasteiger partial charge in [-0.3, -0.25) is 4.55 Å². The highest BCUT2D eigenvalue weighted by molar-refractivity contribution is 7.80. The van der Waals surface area contributed by atoms with Crippen molar-refractivity contribution in [3.8, 4) is 0 Å². The summed E-state index contributed by atoms with van der Waals surface area (Å²) in [6.45, 7) is 1.34. The molecule has 0 aromatic rings. The zero-order valence-corrected chi connectivity index (χ0v) is 9.12. The number of hydrogen-bond acceptors (Lipinski definition) is 6. The third-order valence-corrected chi connectivity index (χ3v) is 2.65. The van der Waals surface area contributed by atoms with Gasteiger partial charge in [0.2, 0.25) is 0 Å². The Morgan fingerprint density at radius 3 is 2.44 bits per heavy atom. The van der Waals surface area contributed by atoms with Crippen LogP contribution in [0.1, 0.15) is 13.3 Å². The molecule has 1 heterocycles. The molecular formula is C7H12O8S. The van der Waals surface area contributed by atoms with Crippen molar-refractivity contribution in [1.82, 2.24) is 0 Å². The third kappa shape index (κ3) is 3.39. The van der Waals surface area contributed by atoms with Gasteiger partial charge in [-0.15, -0.1) is 0 Å². The molecule has 8 nitrogen and oxygen atoms in total. The van der Waals surface area contributed by atoms with Crippen LogP contribution in [0.3, 0.4) is 0 Å². The number of aliphatic hydroxyl groups is 1. The molecule has 1 fully saturated rings. The first kappa shape index (κ1) is 13.3. The quantitative estimate of drug-likeness (QED) is 0.536. The van der Waals surface area contributed by atoms with Crippen molar-refractivity contribution in [2.24, 2.45) is 0 Å². The minimum Gasteiger partial charge on any atom is -0.479 e. The fraction of sp³-hybridized carbons (Fsp3) is 0.857. The Morgan fingerprint density at radius 1 is 1.50 bits per heavy atom. The van der Waals surface area contributed by atoms with Gasteiger partial charge in [-0.25, -0.2) is 8.98 Å². The molecule has 0 spiro atoms. The van der Waals surface area contributed by atoms with Crippen LogP contribution in [0.15, 0.2) is 0 Å². The molecule has 0 aromatic carbocycles. The van der Waals surface area contributed by atoms with E-state index in [1.165, 1.54) is 6.92 Å². The number of carbonyl (C=O) groups is 1. The number of hydrogen-bond donors (Lipinski definition) is 3. The highest BCUT2D eigenvalue weighted by atomic mass is 32.3. The van der Waals surface area contributed by atoms with Crippen molar-refractivity contribution in [3.05, 3.63) is 0 Å². The molecule has 0 aliphatic carbocycles. The Hall–Kier alpha value is -0.740. The van der Waals surface area contributed by atoms with E-state index in [0.29, 0.717) is 0 Å². The van der Waals surface area contributed by atoms with Crippen LogP contribution < -0.4 is 0 Å². The maximum Gasteiger partial charge on any atom is 0.397 e. The van der Waals surface area contributed by atoms with Crippen LogP contribution in [0.25, 0.3) is 0 Å². The van der Waals surface area contributed by atoms with Crippen molar-refractivity contribution in [1.29, 1.82) is 0 Å². The molecule has 0 bridgehead atoms. The predicted octanol–water partition coefficient (Wildman–Crippen LogP) is -1.20. The second-order valence-electron chi connectivity index (χ2n) is 3.46. The van der Waals surface area contributed by atoms with Gasteiger partial charge in [-0.2, -0.15) is 8.42 Å². The first-order valence-corrected chi connectivity index (χ1v) is 5.79. The van der Waals surface area contributed by atoms with Crippen molar-refractivity contribution >= 4 is 16.4 Å². The smallest absolute Gasteiger partial charge is 0.397 e. The molecule has 0 saturated carbocycles. The van der Waals surface area contributed by atoms with E-state index in [4.69, 9.17) is 14.4 Å². The molecule has 0 aromatic heterocycles. The molecule has 0 radical (unpaired) electrons. The minimum atomic E-state index is -4.71. The maximum atomic E-state index is 10.6. The lowest BCUT2D eigenvalue weighted by atomic mass is 9.99. The van der Waals surface area contributed by atoms with E-state index in [2.05, 4.69) is 4.18 Å². The monoisotopic (exact) mass is 256 g/mol. The molecule has 4 atom stereocenters. The zero-order valence-electron chi connectivity index (χ0n) is 8.31. The molecule has 16 heavy (non-hydrogen) atoms. The summed E-state index contributed by atoms with van der Waals surface area (Å²) in [6, 6.07) is 0. The van der Waals surface area contributed by atoms with Gasteiger partial charge in [0, 0.05) is 6.42 Å². The number of aliphatic hydroxyl groups excluding tert-OH is 1. The summed E-state index contributed by atoms with van der Waals surface area (Å²) in [6.07, 6.45) is -5.14. The Balaban J connectivity index is 2.73. The van der Waals surface area contributed by atoms with Crippen LogP contribution in [-0.2, 0) is 24.1 Å². The fourth-order valence-corrected chi connectivity index (χ4v) is 2.07. The second-order valence-corrected chi connectivity index (χ2v) is 4.51. The number of carboxylic acid groups (broad SMARTS) is 1. The lowest BCUT2D eigenvalue weighted by Crippen LogP contribution is -2.51. The van der Waals surface area contributed by atoms with Crippen LogP contribution >= 0.6 is 0 Å². The number of ether oxygens (including phenoxy) is 1. The summed E-state index contributed by atoms with van der Waals surface area (Å²) in [5, 5.41) is 18.1. The van der Waals surface area contributed by atoms with Crippen LogP contribution in [0.2, 0.25) is 0 Å². The van der Waals surface area contributed by atoms with Crippen molar-refractivity contribution < 1.29 is 36.9 Å². The first-order chi connectivity index (χ1) is 7.20. The summed E-state index contributed by atoms with van der Waals surface area (Å²) in [4.78, 5) is 10.6. The standard InChI is InChI=1S/C7H12O8S/c1-3-6(15-16(11,12)13)4(8)2-5(14-3)7(9)10/h3-6,8H,2H2,1H3,(H,9,10)(H,11,12,13)/t3-,4+,5?,6?/m0/s1. The SMILES string of the molecule is C[C@@H]1OC(C(=O)O)C[C@@H](O)C1OS(=O)(=O)O. The highest BCUT2D eigenvalue weighted by Gasteiger charge is 2.41. The molecule has 0 amide bonds.